The summed E-state index contributed by atoms with van der Waals surface area (Å²) < 4.78 is 6.10. The number of hydrogen-bond donors (Lipinski definition) is 0. The lowest BCUT2D eigenvalue weighted by Crippen LogP contribution is -2.03. The zero-order chi connectivity index (χ0) is 15.6. The summed E-state index contributed by atoms with van der Waals surface area (Å²) in [5.41, 5.74) is 1.65. The van der Waals surface area contributed by atoms with Gasteiger partial charge in [-0.3, -0.25) is 0 Å². The Hall–Kier alpha value is -0.840. The quantitative estimate of drug-likeness (QED) is 0.654. The van der Waals surface area contributed by atoms with Gasteiger partial charge >= 0.3 is 0 Å². The highest BCUT2D eigenvalue weighted by Gasteiger charge is 2.16. The van der Waals surface area contributed by atoms with Crippen LogP contribution in [0, 0.1) is 5.92 Å². The number of methoxy groups -OCH3 is 1. The van der Waals surface area contributed by atoms with Gasteiger partial charge in [-0.25, -0.2) is 9.97 Å². The first-order valence-electron chi connectivity index (χ1n) is 6.48. The first-order chi connectivity index (χ1) is 9.92. The van der Waals surface area contributed by atoms with Gasteiger partial charge in [-0.05, 0) is 46.5 Å². The van der Waals surface area contributed by atoms with Crippen LogP contribution in [0.5, 0.6) is 5.75 Å². The molecule has 2 rings (SSSR count). The van der Waals surface area contributed by atoms with Gasteiger partial charge in [0.15, 0.2) is 5.82 Å². The molecule has 0 unspecified atom stereocenters. The van der Waals surface area contributed by atoms with E-state index >= 15 is 0 Å². The van der Waals surface area contributed by atoms with E-state index in [1.165, 1.54) is 0 Å². The predicted molar refractivity (Wildman–Crippen MR) is 90.3 cm³/mol. The van der Waals surface area contributed by atoms with Crippen molar-refractivity contribution in [1.29, 1.82) is 0 Å². The Morgan fingerprint density at radius 2 is 1.95 bits per heavy atom. The van der Waals surface area contributed by atoms with Crippen LogP contribution in [0.2, 0.25) is 10.2 Å². The van der Waals surface area contributed by atoms with E-state index in [4.69, 9.17) is 27.9 Å². The van der Waals surface area contributed by atoms with E-state index in [0.717, 1.165) is 22.2 Å². The van der Waals surface area contributed by atoms with Crippen molar-refractivity contribution >= 4 is 39.1 Å². The van der Waals surface area contributed by atoms with Crippen molar-refractivity contribution in [3.8, 4) is 17.1 Å². The molecule has 0 aliphatic carbocycles. The molecule has 1 aromatic carbocycles. The lowest BCUT2D eigenvalue weighted by Gasteiger charge is -2.12. The minimum absolute atomic E-state index is 0.396. The lowest BCUT2D eigenvalue weighted by molar-refractivity contribution is 0.416. The molecule has 0 radical (unpaired) electrons. The van der Waals surface area contributed by atoms with Gasteiger partial charge in [0.05, 0.1) is 22.8 Å². The van der Waals surface area contributed by atoms with E-state index in [0.29, 0.717) is 27.7 Å². The monoisotopic (exact) mass is 388 g/mol. The molecule has 0 saturated carbocycles. The van der Waals surface area contributed by atoms with E-state index in [9.17, 15) is 0 Å². The summed E-state index contributed by atoms with van der Waals surface area (Å²) in [6, 6.07) is 5.35. The Morgan fingerprint density at radius 1 is 1.24 bits per heavy atom. The average molecular weight is 390 g/mol. The van der Waals surface area contributed by atoms with Crippen molar-refractivity contribution in [1.82, 2.24) is 9.97 Å². The molecule has 0 spiro atoms. The van der Waals surface area contributed by atoms with Crippen LogP contribution in [-0.4, -0.2) is 17.1 Å². The minimum Gasteiger partial charge on any atom is -0.496 e. The van der Waals surface area contributed by atoms with Gasteiger partial charge < -0.3 is 4.74 Å². The standard InChI is InChI=1S/C15H15BrCl2N2O/c1-8(2)6-11-13(16)14(18)20-15(19-11)10-5-4-9(17)7-12(10)21-3/h4-5,7-8H,6H2,1-3H3. The maximum Gasteiger partial charge on any atom is 0.164 e. The van der Waals surface area contributed by atoms with Crippen LogP contribution in [0.15, 0.2) is 22.7 Å². The van der Waals surface area contributed by atoms with Crippen LogP contribution < -0.4 is 4.74 Å². The van der Waals surface area contributed by atoms with Crippen LogP contribution in [0.3, 0.4) is 0 Å². The maximum absolute atomic E-state index is 6.21. The van der Waals surface area contributed by atoms with Crippen LogP contribution in [0.4, 0.5) is 0 Å². The highest BCUT2D eigenvalue weighted by Crippen LogP contribution is 2.33. The molecule has 3 nitrogen and oxygen atoms in total. The predicted octanol–water partition coefficient (Wildman–Crippen LogP) is 5.42. The molecule has 1 heterocycles. The summed E-state index contributed by atoms with van der Waals surface area (Å²) in [5, 5.41) is 0.994. The SMILES string of the molecule is COc1cc(Cl)ccc1-c1nc(Cl)c(Br)c(CC(C)C)n1. The second-order valence-corrected chi connectivity index (χ2v) is 6.63. The average Bonchev–Trinajstić information content (AvgIpc) is 2.43. The van der Waals surface area contributed by atoms with E-state index < -0.39 is 0 Å². The van der Waals surface area contributed by atoms with Gasteiger partial charge in [0.2, 0.25) is 0 Å². The molecular weight excluding hydrogens is 375 g/mol. The molecule has 0 fully saturated rings. The van der Waals surface area contributed by atoms with Crippen LogP contribution in [0.25, 0.3) is 11.4 Å². The van der Waals surface area contributed by atoms with E-state index in [-0.39, 0.29) is 0 Å². The van der Waals surface area contributed by atoms with Crippen LogP contribution in [-0.2, 0) is 6.42 Å². The Morgan fingerprint density at radius 3 is 2.57 bits per heavy atom. The maximum atomic E-state index is 6.21. The highest BCUT2D eigenvalue weighted by molar-refractivity contribution is 9.10. The Bertz CT molecular complexity index is 662. The fourth-order valence-electron chi connectivity index (χ4n) is 1.96. The van der Waals surface area contributed by atoms with Crippen LogP contribution in [0.1, 0.15) is 19.5 Å². The van der Waals surface area contributed by atoms with E-state index in [1.54, 1.807) is 19.2 Å². The first-order valence-corrected chi connectivity index (χ1v) is 8.03. The highest BCUT2D eigenvalue weighted by atomic mass is 79.9. The summed E-state index contributed by atoms with van der Waals surface area (Å²) >= 11 is 15.7. The van der Waals surface area contributed by atoms with Crippen molar-refractivity contribution in [2.24, 2.45) is 5.92 Å². The van der Waals surface area contributed by atoms with Gasteiger partial charge in [0, 0.05) is 5.02 Å². The minimum atomic E-state index is 0.396. The van der Waals surface area contributed by atoms with Gasteiger partial charge in [-0.2, -0.15) is 0 Å². The molecule has 0 saturated heterocycles. The molecular formula is C15H15BrCl2N2O. The van der Waals surface area contributed by atoms with Crippen LogP contribution >= 0.6 is 39.1 Å². The second-order valence-electron chi connectivity index (χ2n) is 5.04. The normalized spacial score (nSPS) is 11.0. The van der Waals surface area contributed by atoms with E-state index in [2.05, 4.69) is 39.7 Å². The molecule has 21 heavy (non-hydrogen) atoms. The third kappa shape index (κ3) is 3.87. The lowest BCUT2D eigenvalue weighted by atomic mass is 10.1. The number of aromatic nitrogens is 2. The molecule has 112 valence electrons. The fraction of sp³-hybridized carbons (Fsp3) is 0.333. The second kappa shape index (κ2) is 6.95. The Labute approximate surface area is 142 Å². The summed E-state index contributed by atoms with van der Waals surface area (Å²) in [6.45, 7) is 4.26. The number of rotatable bonds is 4. The molecule has 0 aliphatic rings. The molecule has 0 bridgehead atoms. The first kappa shape index (κ1) is 16.5. The molecule has 0 N–H and O–H groups in total. The summed E-state index contributed by atoms with van der Waals surface area (Å²) in [5.74, 6) is 1.62. The third-order valence-corrected chi connectivity index (χ3v) is 4.46. The zero-order valence-corrected chi connectivity index (χ0v) is 15.1. The number of benzene rings is 1. The van der Waals surface area contributed by atoms with Gasteiger partial charge in [-0.15, -0.1) is 0 Å². The molecule has 2 aromatic rings. The van der Waals surface area contributed by atoms with E-state index in [1.807, 2.05) is 6.07 Å². The van der Waals surface area contributed by atoms with Crippen molar-refractivity contribution < 1.29 is 4.74 Å². The smallest absolute Gasteiger partial charge is 0.164 e. The largest absolute Gasteiger partial charge is 0.496 e. The number of halogens is 3. The Kier molecular flexibility index (Phi) is 5.47. The topological polar surface area (TPSA) is 35.0 Å². The molecule has 0 atom stereocenters. The molecule has 6 heteroatoms. The summed E-state index contributed by atoms with van der Waals surface area (Å²) in [7, 11) is 1.59. The third-order valence-electron chi connectivity index (χ3n) is 2.89. The fourth-order valence-corrected chi connectivity index (χ4v) is 2.65. The summed E-state index contributed by atoms with van der Waals surface area (Å²) in [4.78, 5) is 8.95. The van der Waals surface area contributed by atoms with Gasteiger partial charge in [-0.1, -0.05) is 37.0 Å². The van der Waals surface area contributed by atoms with Gasteiger partial charge in [0.25, 0.3) is 0 Å². The molecule has 0 amide bonds. The zero-order valence-electron chi connectivity index (χ0n) is 12.0. The van der Waals surface area contributed by atoms with Crippen molar-refractivity contribution in [3.63, 3.8) is 0 Å². The molecule has 0 aliphatic heterocycles. The van der Waals surface area contributed by atoms with Crippen molar-refractivity contribution in [2.45, 2.75) is 20.3 Å². The Balaban J connectivity index is 2.56. The number of hydrogen-bond acceptors (Lipinski definition) is 3. The number of nitrogens with zero attached hydrogens (tertiary/aromatic N) is 2. The van der Waals surface area contributed by atoms with Crippen molar-refractivity contribution in [3.05, 3.63) is 38.5 Å². The summed E-state index contributed by atoms with van der Waals surface area (Å²) in [6.07, 6.45) is 0.811. The van der Waals surface area contributed by atoms with Crippen molar-refractivity contribution in [2.75, 3.05) is 7.11 Å². The number of ether oxygens (including phenoxy) is 1. The molecule has 1 aromatic heterocycles. The van der Waals surface area contributed by atoms with Gasteiger partial charge in [0.1, 0.15) is 10.9 Å².